The van der Waals surface area contributed by atoms with Crippen LogP contribution in [0.15, 0.2) is 0 Å². The molecular formula is C9H16F3NO. The standard InChI is InChI=1S/C9H16F3NO/c1-7(13)8(2-3-8)4-5-14-6-9(10,11)12/h7H,2-6,13H2,1H3. The predicted molar refractivity (Wildman–Crippen MR) is 46.8 cm³/mol. The molecule has 0 spiro atoms. The highest BCUT2D eigenvalue weighted by Gasteiger charge is 2.45. The van der Waals surface area contributed by atoms with Gasteiger partial charge in [-0.1, -0.05) is 0 Å². The first-order valence-electron chi connectivity index (χ1n) is 4.76. The molecular weight excluding hydrogens is 195 g/mol. The molecule has 14 heavy (non-hydrogen) atoms. The fraction of sp³-hybridized carbons (Fsp3) is 1.00. The second kappa shape index (κ2) is 4.06. The number of rotatable bonds is 5. The summed E-state index contributed by atoms with van der Waals surface area (Å²) < 4.78 is 39.6. The molecule has 0 heterocycles. The largest absolute Gasteiger partial charge is 0.411 e. The highest BCUT2D eigenvalue weighted by atomic mass is 19.4. The molecule has 0 saturated heterocycles. The summed E-state index contributed by atoms with van der Waals surface area (Å²) in [5, 5.41) is 0. The lowest BCUT2D eigenvalue weighted by molar-refractivity contribution is -0.174. The van der Waals surface area contributed by atoms with E-state index in [9.17, 15) is 13.2 Å². The fourth-order valence-corrected chi connectivity index (χ4v) is 1.56. The van der Waals surface area contributed by atoms with E-state index in [1.165, 1.54) is 0 Å². The van der Waals surface area contributed by atoms with Gasteiger partial charge >= 0.3 is 6.18 Å². The van der Waals surface area contributed by atoms with Crippen molar-refractivity contribution in [1.82, 2.24) is 0 Å². The molecule has 0 aromatic carbocycles. The maximum Gasteiger partial charge on any atom is 0.411 e. The molecule has 5 heteroatoms. The van der Waals surface area contributed by atoms with Gasteiger partial charge in [0.1, 0.15) is 6.61 Å². The van der Waals surface area contributed by atoms with Crippen LogP contribution in [0, 0.1) is 5.41 Å². The van der Waals surface area contributed by atoms with Crippen molar-refractivity contribution in [3.05, 3.63) is 0 Å². The quantitative estimate of drug-likeness (QED) is 0.706. The number of hydrogen-bond donors (Lipinski definition) is 1. The van der Waals surface area contributed by atoms with E-state index in [1.54, 1.807) is 0 Å². The van der Waals surface area contributed by atoms with Crippen LogP contribution >= 0.6 is 0 Å². The molecule has 1 aliphatic carbocycles. The molecule has 0 radical (unpaired) electrons. The van der Waals surface area contributed by atoms with E-state index in [4.69, 9.17) is 5.73 Å². The molecule has 2 nitrogen and oxygen atoms in total. The van der Waals surface area contributed by atoms with Crippen LogP contribution in [0.2, 0.25) is 0 Å². The van der Waals surface area contributed by atoms with Crippen LogP contribution in [0.25, 0.3) is 0 Å². The van der Waals surface area contributed by atoms with Gasteiger partial charge in [-0.3, -0.25) is 0 Å². The number of halogens is 3. The molecule has 1 fully saturated rings. The molecule has 1 aliphatic rings. The fourth-order valence-electron chi connectivity index (χ4n) is 1.56. The van der Waals surface area contributed by atoms with Gasteiger partial charge in [-0.25, -0.2) is 0 Å². The Labute approximate surface area is 81.6 Å². The van der Waals surface area contributed by atoms with E-state index in [-0.39, 0.29) is 18.1 Å². The van der Waals surface area contributed by atoms with Gasteiger partial charge in [0.2, 0.25) is 0 Å². The van der Waals surface area contributed by atoms with E-state index >= 15 is 0 Å². The average molecular weight is 211 g/mol. The van der Waals surface area contributed by atoms with Crippen molar-refractivity contribution in [2.24, 2.45) is 11.1 Å². The maximum atomic E-state index is 11.7. The maximum absolute atomic E-state index is 11.7. The smallest absolute Gasteiger partial charge is 0.372 e. The SMILES string of the molecule is CC(N)C1(CCOCC(F)(F)F)CC1. The van der Waals surface area contributed by atoms with Crippen molar-refractivity contribution in [3.8, 4) is 0 Å². The monoisotopic (exact) mass is 211 g/mol. The second-order valence-electron chi connectivity index (χ2n) is 4.07. The minimum Gasteiger partial charge on any atom is -0.372 e. The highest BCUT2D eigenvalue weighted by molar-refractivity contribution is 4.98. The minimum absolute atomic E-state index is 0.0528. The number of nitrogens with two attached hydrogens (primary N) is 1. The Morgan fingerprint density at radius 1 is 1.43 bits per heavy atom. The average Bonchev–Trinajstić information content (AvgIpc) is 2.77. The van der Waals surface area contributed by atoms with Crippen LogP contribution in [-0.4, -0.2) is 25.4 Å². The van der Waals surface area contributed by atoms with Gasteiger partial charge in [-0.05, 0) is 31.6 Å². The number of hydrogen-bond acceptors (Lipinski definition) is 2. The molecule has 0 bridgehead atoms. The zero-order valence-electron chi connectivity index (χ0n) is 8.23. The molecule has 1 saturated carbocycles. The molecule has 0 aliphatic heterocycles. The molecule has 1 atom stereocenters. The lowest BCUT2D eigenvalue weighted by Crippen LogP contribution is -2.29. The Morgan fingerprint density at radius 2 is 2.00 bits per heavy atom. The van der Waals surface area contributed by atoms with E-state index in [2.05, 4.69) is 4.74 Å². The summed E-state index contributed by atoms with van der Waals surface area (Å²) in [4.78, 5) is 0. The molecule has 1 rings (SSSR count). The van der Waals surface area contributed by atoms with Gasteiger partial charge in [-0.2, -0.15) is 13.2 Å². The lowest BCUT2D eigenvalue weighted by Gasteiger charge is -2.19. The van der Waals surface area contributed by atoms with Crippen LogP contribution < -0.4 is 5.73 Å². The summed E-state index contributed by atoms with van der Waals surface area (Å²) in [6.07, 6.45) is -1.55. The van der Waals surface area contributed by atoms with Gasteiger partial charge in [-0.15, -0.1) is 0 Å². The van der Waals surface area contributed by atoms with Crippen molar-refractivity contribution in [2.45, 2.75) is 38.4 Å². The van der Waals surface area contributed by atoms with Gasteiger partial charge in [0, 0.05) is 12.6 Å². The van der Waals surface area contributed by atoms with Crippen LogP contribution in [0.5, 0.6) is 0 Å². The summed E-state index contributed by atoms with van der Waals surface area (Å²) in [5.74, 6) is 0. The second-order valence-corrected chi connectivity index (χ2v) is 4.07. The van der Waals surface area contributed by atoms with E-state index in [0.717, 1.165) is 12.8 Å². The third kappa shape index (κ3) is 3.46. The first kappa shape index (κ1) is 11.8. The Bertz CT molecular complexity index is 187. The highest BCUT2D eigenvalue weighted by Crippen LogP contribution is 2.50. The molecule has 84 valence electrons. The Morgan fingerprint density at radius 3 is 2.36 bits per heavy atom. The predicted octanol–water partition coefficient (Wildman–Crippen LogP) is 2.08. The molecule has 0 aromatic heterocycles. The minimum atomic E-state index is -4.22. The molecule has 1 unspecified atom stereocenters. The first-order chi connectivity index (χ1) is 6.36. The Kier molecular flexibility index (Phi) is 3.42. The summed E-state index contributed by atoms with van der Waals surface area (Å²) in [6, 6.07) is 0.0528. The Balaban J connectivity index is 2.10. The van der Waals surface area contributed by atoms with Gasteiger partial charge in [0.25, 0.3) is 0 Å². The van der Waals surface area contributed by atoms with Crippen molar-refractivity contribution >= 4 is 0 Å². The van der Waals surface area contributed by atoms with Crippen molar-refractivity contribution in [1.29, 1.82) is 0 Å². The van der Waals surface area contributed by atoms with Crippen molar-refractivity contribution in [3.63, 3.8) is 0 Å². The summed E-state index contributed by atoms with van der Waals surface area (Å²) >= 11 is 0. The normalized spacial score (nSPS) is 22.1. The molecule has 0 amide bonds. The van der Waals surface area contributed by atoms with Crippen LogP contribution in [-0.2, 0) is 4.74 Å². The first-order valence-corrected chi connectivity index (χ1v) is 4.76. The van der Waals surface area contributed by atoms with E-state index in [1.807, 2.05) is 6.92 Å². The topological polar surface area (TPSA) is 35.2 Å². The van der Waals surface area contributed by atoms with Gasteiger partial charge < -0.3 is 10.5 Å². The summed E-state index contributed by atoms with van der Waals surface area (Å²) in [6.45, 7) is 0.903. The third-order valence-electron chi connectivity index (χ3n) is 2.87. The zero-order chi connectivity index (χ0) is 10.8. The van der Waals surface area contributed by atoms with Gasteiger partial charge in [0.05, 0.1) is 0 Å². The van der Waals surface area contributed by atoms with E-state index < -0.39 is 12.8 Å². The van der Waals surface area contributed by atoms with Crippen molar-refractivity contribution in [2.75, 3.05) is 13.2 Å². The third-order valence-corrected chi connectivity index (χ3v) is 2.87. The number of ether oxygens (including phenoxy) is 1. The lowest BCUT2D eigenvalue weighted by atomic mass is 9.95. The van der Waals surface area contributed by atoms with Gasteiger partial charge in [0.15, 0.2) is 0 Å². The molecule has 0 aromatic rings. The number of alkyl halides is 3. The summed E-state index contributed by atoms with van der Waals surface area (Å²) in [7, 11) is 0. The van der Waals surface area contributed by atoms with Crippen molar-refractivity contribution < 1.29 is 17.9 Å². The molecule has 2 N–H and O–H groups in total. The Hall–Kier alpha value is -0.290. The van der Waals surface area contributed by atoms with Crippen LogP contribution in [0.1, 0.15) is 26.2 Å². The van der Waals surface area contributed by atoms with Crippen LogP contribution in [0.4, 0.5) is 13.2 Å². The van der Waals surface area contributed by atoms with E-state index in [0.29, 0.717) is 6.42 Å². The van der Waals surface area contributed by atoms with Crippen LogP contribution in [0.3, 0.4) is 0 Å². The zero-order valence-corrected chi connectivity index (χ0v) is 8.23. The summed E-state index contributed by atoms with van der Waals surface area (Å²) in [5.41, 5.74) is 5.78.